The summed E-state index contributed by atoms with van der Waals surface area (Å²) in [7, 11) is 0. The number of hydrazine groups is 1. The van der Waals surface area contributed by atoms with Gasteiger partial charge in [-0.05, 0) is 18.1 Å². The van der Waals surface area contributed by atoms with E-state index in [0.29, 0.717) is 5.56 Å². The number of hydrogen-bond donors (Lipinski definition) is 2. The van der Waals surface area contributed by atoms with Crippen LogP contribution in [0.15, 0.2) is 24.3 Å². The number of hydrogen-bond acceptors (Lipinski definition) is 3. The smallest absolute Gasteiger partial charge is 0.370 e. The van der Waals surface area contributed by atoms with Gasteiger partial charge in [-0.2, -0.15) is 13.2 Å². The first-order valence-electron chi connectivity index (χ1n) is 5.26. The van der Waals surface area contributed by atoms with E-state index in [9.17, 15) is 17.6 Å². The normalized spacial score (nSPS) is 13.6. The Morgan fingerprint density at radius 2 is 1.94 bits per heavy atom. The van der Waals surface area contributed by atoms with E-state index in [0.717, 1.165) is 0 Å². The highest BCUT2D eigenvalue weighted by Gasteiger charge is 2.27. The number of halogens is 4. The van der Waals surface area contributed by atoms with Crippen LogP contribution in [-0.2, 0) is 11.2 Å². The maximum atomic E-state index is 13.3. The van der Waals surface area contributed by atoms with E-state index < -0.39 is 24.6 Å². The molecule has 0 aliphatic rings. The lowest BCUT2D eigenvalue weighted by molar-refractivity contribution is -0.175. The standard InChI is InChI=1S/C11H14F4N2O/c12-10-4-2-1-3-8(10)5-9(17-16)6-18-7-11(13,14)15/h1-4,9,17H,5-7,16H2. The first kappa shape index (κ1) is 14.9. The van der Waals surface area contributed by atoms with Gasteiger partial charge in [0.1, 0.15) is 12.4 Å². The van der Waals surface area contributed by atoms with Crippen molar-refractivity contribution in [1.29, 1.82) is 0 Å². The van der Waals surface area contributed by atoms with Crippen LogP contribution in [0.3, 0.4) is 0 Å². The summed E-state index contributed by atoms with van der Waals surface area (Å²) in [6.07, 6.45) is -4.22. The summed E-state index contributed by atoms with van der Waals surface area (Å²) in [5.74, 6) is 4.76. The lowest BCUT2D eigenvalue weighted by Crippen LogP contribution is -2.41. The second-order valence-corrected chi connectivity index (χ2v) is 3.79. The van der Waals surface area contributed by atoms with Crippen molar-refractivity contribution >= 4 is 0 Å². The van der Waals surface area contributed by atoms with Gasteiger partial charge in [0.05, 0.1) is 6.61 Å². The molecular weight excluding hydrogens is 252 g/mol. The molecule has 1 aromatic rings. The predicted octanol–water partition coefficient (Wildman–Crippen LogP) is 1.78. The van der Waals surface area contributed by atoms with Crippen molar-refractivity contribution in [2.75, 3.05) is 13.2 Å². The second kappa shape index (κ2) is 6.67. The second-order valence-electron chi connectivity index (χ2n) is 3.79. The minimum Gasteiger partial charge on any atom is -0.370 e. The first-order chi connectivity index (χ1) is 8.42. The van der Waals surface area contributed by atoms with Crippen molar-refractivity contribution in [3.8, 4) is 0 Å². The molecule has 1 unspecified atom stereocenters. The zero-order chi connectivity index (χ0) is 13.6. The number of benzene rings is 1. The highest BCUT2D eigenvalue weighted by molar-refractivity contribution is 5.18. The molecule has 7 heteroatoms. The molecule has 0 amide bonds. The number of ether oxygens (including phenoxy) is 1. The molecule has 0 fully saturated rings. The van der Waals surface area contributed by atoms with Gasteiger partial charge in [0.25, 0.3) is 0 Å². The molecule has 0 saturated heterocycles. The fraction of sp³-hybridized carbons (Fsp3) is 0.455. The van der Waals surface area contributed by atoms with Crippen molar-refractivity contribution in [3.63, 3.8) is 0 Å². The molecule has 1 aromatic carbocycles. The number of nitrogens with one attached hydrogen (secondary N) is 1. The third kappa shape index (κ3) is 5.44. The summed E-state index contributed by atoms with van der Waals surface area (Å²) in [6.45, 7) is -1.59. The van der Waals surface area contributed by atoms with Gasteiger partial charge < -0.3 is 4.74 Å². The lowest BCUT2D eigenvalue weighted by atomic mass is 10.1. The molecule has 1 atom stereocenters. The van der Waals surface area contributed by atoms with Crippen LogP contribution in [-0.4, -0.2) is 25.4 Å². The molecule has 3 N–H and O–H groups in total. The molecule has 1 rings (SSSR count). The number of rotatable bonds is 6. The maximum Gasteiger partial charge on any atom is 0.411 e. The van der Waals surface area contributed by atoms with Crippen LogP contribution in [0.4, 0.5) is 17.6 Å². The van der Waals surface area contributed by atoms with Crippen molar-refractivity contribution in [2.24, 2.45) is 5.84 Å². The maximum absolute atomic E-state index is 13.3. The molecule has 18 heavy (non-hydrogen) atoms. The van der Waals surface area contributed by atoms with Crippen LogP contribution in [0, 0.1) is 5.82 Å². The van der Waals surface area contributed by atoms with E-state index in [2.05, 4.69) is 10.2 Å². The van der Waals surface area contributed by atoms with Gasteiger partial charge in [0.15, 0.2) is 0 Å². The molecule has 0 aliphatic carbocycles. The highest BCUT2D eigenvalue weighted by atomic mass is 19.4. The van der Waals surface area contributed by atoms with Gasteiger partial charge in [-0.3, -0.25) is 11.3 Å². The minimum absolute atomic E-state index is 0.154. The molecule has 102 valence electrons. The quantitative estimate of drug-likeness (QED) is 0.469. The SMILES string of the molecule is NNC(COCC(F)(F)F)Cc1ccccc1F. The van der Waals surface area contributed by atoms with Gasteiger partial charge >= 0.3 is 6.18 Å². The molecule has 0 saturated carbocycles. The minimum atomic E-state index is -4.38. The summed E-state index contributed by atoms with van der Waals surface area (Å²) in [5, 5.41) is 0. The van der Waals surface area contributed by atoms with Gasteiger partial charge in [-0.15, -0.1) is 0 Å². The molecule has 0 aliphatic heterocycles. The molecule has 0 radical (unpaired) electrons. The molecular formula is C11H14F4N2O. The van der Waals surface area contributed by atoms with Crippen LogP contribution in [0.1, 0.15) is 5.56 Å². The Labute approximate surface area is 102 Å². The van der Waals surface area contributed by atoms with E-state index in [1.54, 1.807) is 12.1 Å². The van der Waals surface area contributed by atoms with Crippen LogP contribution in [0.25, 0.3) is 0 Å². The average Bonchev–Trinajstić information content (AvgIpc) is 2.29. The summed E-state index contributed by atoms with van der Waals surface area (Å²) in [5.41, 5.74) is 2.68. The van der Waals surface area contributed by atoms with E-state index in [4.69, 9.17) is 5.84 Å². The summed E-state index contributed by atoms with van der Waals surface area (Å²) >= 11 is 0. The number of alkyl halides is 3. The molecule has 0 heterocycles. The van der Waals surface area contributed by atoms with Crippen LogP contribution in [0.5, 0.6) is 0 Å². The monoisotopic (exact) mass is 266 g/mol. The van der Waals surface area contributed by atoms with E-state index in [1.807, 2.05) is 0 Å². The fourth-order valence-corrected chi connectivity index (χ4v) is 1.41. The Hall–Kier alpha value is -1.18. The van der Waals surface area contributed by atoms with Gasteiger partial charge in [-0.25, -0.2) is 4.39 Å². The molecule has 0 spiro atoms. The highest BCUT2D eigenvalue weighted by Crippen LogP contribution is 2.15. The van der Waals surface area contributed by atoms with Gasteiger partial charge in [-0.1, -0.05) is 18.2 Å². The zero-order valence-electron chi connectivity index (χ0n) is 9.51. The summed E-state index contributed by atoms with van der Waals surface area (Å²) in [4.78, 5) is 0. The van der Waals surface area contributed by atoms with Crippen molar-refractivity contribution in [3.05, 3.63) is 35.6 Å². The van der Waals surface area contributed by atoms with Crippen LogP contribution < -0.4 is 11.3 Å². The van der Waals surface area contributed by atoms with E-state index in [1.165, 1.54) is 12.1 Å². The van der Waals surface area contributed by atoms with E-state index in [-0.39, 0.29) is 13.0 Å². The topological polar surface area (TPSA) is 47.3 Å². The number of nitrogens with two attached hydrogens (primary N) is 1. The Morgan fingerprint density at radius 3 is 2.50 bits per heavy atom. The Morgan fingerprint density at radius 1 is 1.28 bits per heavy atom. The van der Waals surface area contributed by atoms with Crippen molar-refractivity contribution in [1.82, 2.24) is 5.43 Å². The summed E-state index contributed by atoms with van der Waals surface area (Å²) in [6, 6.07) is 5.42. The van der Waals surface area contributed by atoms with Crippen LogP contribution >= 0.6 is 0 Å². The van der Waals surface area contributed by atoms with Gasteiger partial charge in [0, 0.05) is 6.04 Å². The van der Waals surface area contributed by atoms with E-state index >= 15 is 0 Å². The molecule has 0 bridgehead atoms. The Bertz CT molecular complexity index is 370. The lowest BCUT2D eigenvalue weighted by Gasteiger charge is -2.17. The fourth-order valence-electron chi connectivity index (χ4n) is 1.41. The average molecular weight is 266 g/mol. The van der Waals surface area contributed by atoms with Crippen LogP contribution in [0.2, 0.25) is 0 Å². The van der Waals surface area contributed by atoms with Crippen molar-refractivity contribution < 1.29 is 22.3 Å². The van der Waals surface area contributed by atoms with Gasteiger partial charge in [0.2, 0.25) is 0 Å². The van der Waals surface area contributed by atoms with Crippen molar-refractivity contribution in [2.45, 2.75) is 18.6 Å². The largest absolute Gasteiger partial charge is 0.411 e. The zero-order valence-corrected chi connectivity index (χ0v) is 9.51. The molecule has 3 nitrogen and oxygen atoms in total. The Balaban J connectivity index is 2.45. The predicted molar refractivity (Wildman–Crippen MR) is 58.1 cm³/mol. The first-order valence-corrected chi connectivity index (χ1v) is 5.26. The third-order valence-corrected chi connectivity index (χ3v) is 2.24. The Kier molecular flexibility index (Phi) is 5.52. The third-order valence-electron chi connectivity index (χ3n) is 2.24. The molecule has 0 aromatic heterocycles. The summed E-state index contributed by atoms with van der Waals surface area (Å²) < 4.78 is 53.4.